The molecule has 0 saturated carbocycles. The van der Waals surface area contributed by atoms with Crippen molar-refractivity contribution in [2.24, 2.45) is 5.90 Å². The molecule has 0 unspecified atom stereocenters. The molecule has 2 rings (SSSR count). The Balaban J connectivity index is 2.07. The Bertz CT molecular complexity index is 529. The van der Waals surface area contributed by atoms with Gasteiger partial charge in [-0.2, -0.15) is 8.42 Å². The molecular weight excluding hydrogens is 275 g/mol. The zero-order chi connectivity index (χ0) is 13.9. The van der Waals surface area contributed by atoms with E-state index in [1.165, 1.54) is 12.1 Å². The number of hydrogen-bond donors (Lipinski definition) is 1. The van der Waals surface area contributed by atoms with Crippen molar-refractivity contribution < 1.29 is 21.3 Å². The maximum absolute atomic E-state index is 12.5. The fraction of sp³-hybridized carbons (Fsp3) is 0.455. The molecule has 1 aromatic rings. The van der Waals surface area contributed by atoms with Crippen molar-refractivity contribution >= 4 is 16.2 Å². The highest BCUT2D eigenvalue weighted by Crippen LogP contribution is 2.25. The SMILES string of the molecule is NOC1CCN(c2cccc(OS(=O)(=O)F)c2)CC1. The summed E-state index contributed by atoms with van der Waals surface area (Å²) in [4.78, 5) is 6.82. The maximum Gasteiger partial charge on any atom is 0.488 e. The average Bonchev–Trinajstić information content (AvgIpc) is 2.37. The quantitative estimate of drug-likeness (QED) is 0.661. The van der Waals surface area contributed by atoms with Gasteiger partial charge >= 0.3 is 10.5 Å². The molecule has 0 spiro atoms. The highest BCUT2D eigenvalue weighted by atomic mass is 32.3. The number of nitrogens with two attached hydrogens (primary N) is 1. The molecule has 1 aliphatic heterocycles. The summed E-state index contributed by atoms with van der Waals surface area (Å²) < 4.78 is 37.5. The Labute approximate surface area is 111 Å². The Morgan fingerprint density at radius 2 is 2.00 bits per heavy atom. The summed E-state index contributed by atoms with van der Waals surface area (Å²) in [6, 6.07) is 6.29. The molecule has 0 radical (unpaired) electrons. The largest absolute Gasteiger partial charge is 0.488 e. The van der Waals surface area contributed by atoms with E-state index in [0.29, 0.717) is 0 Å². The van der Waals surface area contributed by atoms with Gasteiger partial charge in [-0.3, -0.25) is 0 Å². The molecule has 0 aromatic heterocycles. The van der Waals surface area contributed by atoms with Crippen molar-refractivity contribution in [3.05, 3.63) is 24.3 Å². The van der Waals surface area contributed by atoms with Crippen LogP contribution in [0.4, 0.5) is 9.57 Å². The minimum absolute atomic E-state index is 0.0434. The fourth-order valence-electron chi connectivity index (χ4n) is 2.10. The van der Waals surface area contributed by atoms with Gasteiger partial charge in [-0.25, -0.2) is 5.90 Å². The Morgan fingerprint density at radius 3 is 2.58 bits per heavy atom. The molecule has 0 aliphatic carbocycles. The second kappa shape index (κ2) is 5.72. The zero-order valence-corrected chi connectivity index (χ0v) is 11.0. The predicted molar refractivity (Wildman–Crippen MR) is 67.6 cm³/mol. The van der Waals surface area contributed by atoms with Gasteiger partial charge in [0.15, 0.2) is 0 Å². The lowest BCUT2D eigenvalue weighted by atomic mass is 10.1. The van der Waals surface area contributed by atoms with Crippen molar-refractivity contribution in [2.45, 2.75) is 18.9 Å². The highest BCUT2D eigenvalue weighted by Gasteiger charge is 2.20. The summed E-state index contributed by atoms with van der Waals surface area (Å²) in [7, 11) is -4.99. The Hall–Kier alpha value is -1.38. The van der Waals surface area contributed by atoms with Crippen LogP contribution in [-0.4, -0.2) is 27.6 Å². The van der Waals surface area contributed by atoms with Crippen LogP contribution in [0.2, 0.25) is 0 Å². The standard InChI is InChI=1S/C11H15FN2O4S/c12-19(15,16)18-11-3-1-2-9(8-11)14-6-4-10(17-13)5-7-14/h1-3,8,10H,4-7,13H2. The van der Waals surface area contributed by atoms with Crippen molar-refractivity contribution in [3.8, 4) is 5.75 Å². The minimum atomic E-state index is -4.99. The van der Waals surface area contributed by atoms with Gasteiger partial charge in [0.25, 0.3) is 0 Å². The second-order valence-electron chi connectivity index (χ2n) is 4.30. The highest BCUT2D eigenvalue weighted by molar-refractivity contribution is 7.81. The molecule has 19 heavy (non-hydrogen) atoms. The first-order valence-electron chi connectivity index (χ1n) is 5.82. The molecule has 1 aliphatic rings. The number of hydrogen-bond acceptors (Lipinski definition) is 6. The molecule has 0 bridgehead atoms. The molecule has 106 valence electrons. The molecule has 2 N–H and O–H groups in total. The predicted octanol–water partition coefficient (Wildman–Crippen LogP) is 1.14. The zero-order valence-electron chi connectivity index (χ0n) is 10.2. The van der Waals surface area contributed by atoms with Crippen LogP contribution in [0.1, 0.15) is 12.8 Å². The van der Waals surface area contributed by atoms with Gasteiger partial charge in [-0.1, -0.05) is 9.95 Å². The van der Waals surface area contributed by atoms with E-state index < -0.39 is 10.5 Å². The first kappa shape index (κ1) is 14.0. The normalized spacial score (nSPS) is 17.5. The Kier molecular flexibility index (Phi) is 4.23. The smallest absolute Gasteiger partial charge is 0.371 e. The first-order chi connectivity index (χ1) is 8.98. The van der Waals surface area contributed by atoms with Gasteiger partial charge in [0.2, 0.25) is 0 Å². The lowest BCUT2D eigenvalue weighted by Gasteiger charge is -2.32. The molecule has 1 saturated heterocycles. The third-order valence-corrected chi connectivity index (χ3v) is 3.40. The van der Waals surface area contributed by atoms with Crippen molar-refractivity contribution in [1.82, 2.24) is 0 Å². The van der Waals surface area contributed by atoms with Crippen LogP contribution in [0, 0.1) is 0 Å². The van der Waals surface area contributed by atoms with E-state index in [-0.39, 0.29) is 11.9 Å². The van der Waals surface area contributed by atoms with Crippen LogP contribution in [-0.2, 0) is 15.3 Å². The van der Waals surface area contributed by atoms with E-state index >= 15 is 0 Å². The second-order valence-corrected chi connectivity index (χ2v) is 5.25. The molecule has 0 atom stereocenters. The van der Waals surface area contributed by atoms with E-state index in [9.17, 15) is 12.3 Å². The molecule has 6 nitrogen and oxygen atoms in total. The van der Waals surface area contributed by atoms with Crippen molar-refractivity contribution in [1.29, 1.82) is 0 Å². The summed E-state index contributed by atoms with van der Waals surface area (Å²) in [6.45, 7) is 1.46. The van der Waals surface area contributed by atoms with Gasteiger partial charge in [-0.05, 0) is 25.0 Å². The minimum Gasteiger partial charge on any atom is -0.371 e. The van der Waals surface area contributed by atoms with Gasteiger partial charge in [0, 0.05) is 24.8 Å². The topological polar surface area (TPSA) is 81.9 Å². The van der Waals surface area contributed by atoms with Crippen LogP contribution < -0.4 is 15.0 Å². The molecule has 0 amide bonds. The molecular formula is C11H15FN2O4S. The first-order valence-corrected chi connectivity index (χ1v) is 7.13. The number of benzene rings is 1. The van der Waals surface area contributed by atoms with Gasteiger partial charge < -0.3 is 13.9 Å². The van der Waals surface area contributed by atoms with Crippen LogP contribution >= 0.6 is 0 Å². The van der Waals surface area contributed by atoms with Gasteiger partial charge in [0.1, 0.15) is 5.75 Å². The molecule has 1 fully saturated rings. The molecule has 1 heterocycles. The number of nitrogens with zero attached hydrogens (tertiary/aromatic N) is 1. The monoisotopic (exact) mass is 290 g/mol. The van der Waals surface area contributed by atoms with Gasteiger partial charge in [0.05, 0.1) is 6.10 Å². The number of anilines is 1. The third-order valence-electron chi connectivity index (χ3n) is 3.01. The van der Waals surface area contributed by atoms with E-state index in [1.54, 1.807) is 12.1 Å². The van der Waals surface area contributed by atoms with E-state index in [4.69, 9.17) is 10.7 Å². The van der Waals surface area contributed by atoms with Crippen LogP contribution in [0.5, 0.6) is 5.75 Å². The summed E-state index contributed by atoms with van der Waals surface area (Å²) in [5.41, 5.74) is 0.775. The fourth-order valence-corrected chi connectivity index (χ4v) is 2.43. The summed E-state index contributed by atoms with van der Waals surface area (Å²) in [6.07, 6.45) is 1.60. The number of rotatable bonds is 4. The van der Waals surface area contributed by atoms with E-state index in [0.717, 1.165) is 31.6 Å². The third kappa shape index (κ3) is 4.05. The number of piperidine rings is 1. The van der Waals surface area contributed by atoms with Crippen LogP contribution in [0.15, 0.2) is 24.3 Å². The average molecular weight is 290 g/mol. The van der Waals surface area contributed by atoms with Crippen molar-refractivity contribution in [2.75, 3.05) is 18.0 Å². The van der Waals surface area contributed by atoms with E-state index in [1.807, 2.05) is 4.90 Å². The summed E-state index contributed by atoms with van der Waals surface area (Å²) in [5, 5.41) is 0. The molecule has 1 aromatic carbocycles. The summed E-state index contributed by atoms with van der Waals surface area (Å²) >= 11 is 0. The lowest BCUT2D eigenvalue weighted by molar-refractivity contribution is 0.0367. The number of halogens is 1. The summed E-state index contributed by atoms with van der Waals surface area (Å²) in [5.74, 6) is 5.09. The van der Waals surface area contributed by atoms with Crippen LogP contribution in [0.25, 0.3) is 0 Å². The van der Waals surface area contributed by atoms with E-state index in [2.05, 4.69) is 4.18 Å². The maximum atomic E-state index is 12.5. The van der Waals surface area contributed by atoms with Crippen molar-refractivity contribution in [3.63, 3.8) is 0 Å². The van der Waals surface area contributed by atoms with Crippen LogP contribution in [0.3, 0.4) is 0 Å². The van der Waals surface area contributed by atoms with Gasteiger partial charge in [-0.15, -0.1) is 0 Å². The lowest BCUT2D eigenvalue weighted by Crippen LogP contribution is -2.37. The Morgan fingerprint density at radius 1 is 1.32 bits per heavy atom. The molecule has 8 heteroatoms.